The van der Waals surface area contributed by atoms with E-state index in [-0.39, 0.29) is 12.0 Å². The van der Waals surface area contributed by atoms with Crippen LogP contribution < -0.4 is 5.32 Å². The lowest BCUT2D eigenvalue weighted by atomic mass is 9.96. The van der Waals surface area contributed by atoms with Crippen molar-refractivity contribution in [3.8, 4) is 0 Å². The largest absolute Gasteiger partial charge is 0.480 e. The lowest BCUT2D eigenvalue weighted by Crippen LogP contribution is -2.37. The molecule has 0 bridgehead atoms. The Labute approximate surface area is 113 Å². The number of carboxylic acid groups (broad SMARTS) is 1. The van der Waals surface area contributed by atoms with Gasteiger partial charge in [-0.25, -0.2) is 0 Å². The Kier molecular flexibility index (Phi) is 5.05. The third-order valence-corrected chi connectivity index (χ3v) is 2.64. The van der Waals surface area contributed by atoms with E-state index in [1.807, 2.05) is 34.6 Å². The standard InChI is InChI=1S/C13H23N3O3/c1-8(2)6-9(11(17)18)14-7-10-15-12(16-19-10)13(3,4)5/h8-9,14H,6-7H2,1-5H3,(H,17,18). The summed E-state index contributed by atoms with van der Waals surface area (Å²) in [7, 11) is 0. The molecular formula is C13H23N3O3. The maximum atomic E-state index is 11.1. The van der Waals surface area contributed by atoms with Crippen LogP contribution >= 0.6 is 0 Å². The molecule has 0 spiro atoms. The lowest BCUT2D eigenvalue weighted by Gasteiger charge is -2.15. The topological polar surface area (TPSA) is 88.3 Å². The van der Waals surface area contributed by atoms with E-state index in [4.69, 9.17) is 9.63 Å². The zero-order chi connectivity index (χ0) is 14.6. The normalized spacial score (nSPS) is 13.8. The number of hydrogen-bond acceptors (Lipinski definition) is 5. The van der Waals surface area contributed by atoms with Crippen molar-refractivity contribution in [3.05, 3.63) is 11.7 Å². The first-order valence-corrected chi connectivity index (χ1v) is 6.49. The third-order valence-electron chi connectivity index (χ3n) is 2.64. The van der Waals surface area contributed by atoms with Crippen LogP contribution in [0.3, 0.4) is 0 Å². The molecule has 0 amide bonds. The Morgan fingerprint density at radius 2 is 2.05 bits per heavy atom. The number of nitrogens with zero attached hydrogens (tertiary/aromatic N) is 2. The molecule has 0 saturated heterocycles. The van der Waals surface area contributed by atoms with Gasteiger partial charge in [0, 0.05) is 5.41 Å². The summed E-state index contributed by atoms with van der Waals surface area (Å²) in [5, 5.41) is 15.9. The Hall–Kier alpha value is -1.43. The molecule has 2 N–H and O–H groups in total. The van der Waals surface area contributed by atoms with Gasteiger partial charge in [-0.05, 0) is 12.3 Å². The number of hydrogen-bond donors (Lipinski definition) is 2. The van der Waals surface area contributed by atoms with Gasteiger partial charge in [-0.1, -0.05) is 39.8 Å². The Bertz CT molecular complexity index is 421. The highest BCUT2D eigenvalue weighted by molar-refractivity contribution is 5.73. The average molecular weight is 269 g/mol. The Balaban J connectivity index is 2.60. The van der Waals surface area contributed by atoms with E-state index in [0.717, 1.165) is 0 Å². The van der Waals surface area contributed by atoms with Crippen LogP contribution in [0.5, 0.6) is 0 Å². The van der Waals surface area contributed by atoms with Crippen molar-refractivity contribution in [2.45, 2.75) is 59.0 Å². The molecule has 0 aliphatic carbocycles. The van der Waals surface area contributed by atoms with E-state index in [1.165, 1.54) is 0 Å². The number of carbonyl (C=O) groups is 1. The second-order valence-corrected chi connectivity index (χ2v) is 6.16. The molecule has 0 radical (unpaired) electrons. The minimum absolute atomic E-state index is 0.175. The smallest absolute Gasteiger partial charge is 0.320 e. The van der Waals surface area contributed by atoms with Crippen LogP contribution in [-0.4, -0.2) is 27.3 Å². The molecule has 6 heteroatoms. The van der Waals surface area contributed by atoms with Gasteiger partial charge in [0.05, 0.1) is 6.54 Å². The van der Waals surface area contributed by atoms with Crippen molar-refractivity contribution < 1.29 is 14.4 Å². The molecule has 0 aliphatic rings. The zero-order valence-electron chi connectivity index (χ0n) is 12.2. The van der Waals surface area contributed by atoms with Gasteiger partial charge < -0.3 is 9.63 Å². The fourth-order valence-electron chi connectivity index (χ4n) is 1.58. The van der Waals surface area contributed by atoms with Crippen molar-refractivity contribution >= 4 is 5.97 Å². The van der Waals surface area contributed by atoms with Crippen molar-refractivity contribution in [1.82, 2.24) is 15.5 Å². The number of rotatable bonds is 6. The molecule has 108 valence electrons. The van der Waals surface area contributed by atoms with Crippen molar-refractivity contribution in [2.24, 2.45) is 5.92 Å². The maximum Gasteiger partial charge on any atom is 0.320 e. The Morgan fingerprint density at radius 1 is 1.42 bits per heavy atom. The molecule has 0 saturated carbocycles. The highest BCUT2D eigenvalue weighted by Gasteiger charge is 2.22. The number of aromatic nitrogens is 2. The van der Waals surface area contributed by atoms with Crippen molar-refractivity contribution in [1.29, 1.82) is 0 Å². The fourth-order valence-corrected chi connectivity index (χ4v) is 1.58. The second-order valence-electron chi connectivity index (χ2n) is 6.16. The second kappa shape index (κ2) is 6.14. The van der Waals surface area contributed by atoms with Crippen LogP contribution in [0, 0.1) is 5.92 Å². The molecule has 1 heterocycles. The first kappa shape index (κ1) is 15.6. The van der Waals surface area contributed by atoms with Gasteiger partial charge in [0.15, 0.2) is 5.82 Å². The third kappa shape index (κ3) is 4.98. The van der Waals surface area contributed by atoms with E-state index >= 15 is 0 Å². The number of nitrogens with one attached hydrogen (secondary N) is 1. The first-order valence-electron chi connectivity index (χ1n) is 6.49. The quantitative estimate of drug-likeness (QED) is 0.820. The average Bonchev–Trinajstić information content (AvgIpc) is 2.71. The molecule has 6 nitrogen and oxygen atoms in total. The monoisotopic (exact) mass is 269 g/mol. The summed E-state index contributed by atoms with van der Waals surface area (Å²) in [6.45, 7) is 10.2. The van der Waals surface area contributed by atoms with Crippen LogP contribution in [0.2, 0.25) is 0 Å². The summed E-state index contributed by atoms with van der Waals surface area (Å²) in [6.07, 6.45) is 0.565. The van der Waals surface area contributed by atoms with E-state index in [9.17, 15) is 4.79 Å². The van der Waals surface area contributed by atoms with Crippen LogP contribution in [0.25, 0.3) is 0 Å². The molecular weight excluding hydrogens is 246 g/mol. The first-order chi connectivity index (χ1) is 8.70. The summed E-state index contributed by atoms with van der Waals surface area (Å²) in [5.74, 6) is 0.491. The van der Waals surface area contributed by atoms with Crippen LogP contribution in [0.4, 0.5) is 0 Å². The van der Waals surface area contributed by atoms with Crippen LogP contribution in [0.1, 0.15) is 52.8 Å². The fraction of sp³-hybridized carbons (Fsp3) is 0.769. The summed E-state index contributed by atoms with van der Waals surface area (Å²) in [4.78, 5) is 15.4. The lowest BCUT2D eigenvalue weighted by molar-refractivity contribution is -0.140. The number of carboxylic acids is 1. The summed E-state index contributed by atoms with van der Waals surface area (Å²) in [6, 6.07) is -0.593. The Morgan fingerprint density at radius 3 is 2.47 bits per heavy atom. The molecule has 19 heavy (non-hydrogen) atoms. The molecule has 1 aromatic heterocycles. The number of aliphatic carboxylic acids is 1. The highest BCUT2D eigenvalue weighted by Crippen LogP contribution is 2.18. The van der Waals surface area contributed by atoms with E-state index < -0.39 is 12.0 Å². The maximum absolute atomic E-state index is 11.1. The van der Waals surface area contributed by atoms with Gasteiger partial charge in [-0.15, -0.1) is 0 Å². The molecule has 0 aliphatic heterocycles. The van der Waals surface area contributed by atoms with Crippen LogP contribution in [0.15, 0.2) is 4.52 Å². The zero-order valence-corrected chi connectivity index (χ0v) is 12.2. The van der Waals surface area contributed by atoms with E-state index in [1.54, 1.807) is 0 Å². The van der Waals surface area contributed by atoms with Gasteiger partial charge in [0.2, 0.25) is 5.89 Å². The van der Waals surface area contributed by atoms with Gasteiger partial charge in [-0.3, -0.25) is 10.1 Å². The molecule has 0 aromatic carbocycles. The molecule has 1 atom stereocenters. The van der Waals surface area contributed by atoms with Gasteiger partial charge in [-0.2, -0.15) is 4.98 Å². The summed E-state index contributed by atoms with van der Waals surface area (Å²) >= 11 is 0. The summed E-state index contributed by atoms with van der Waals surface area (Å²) in [5.41, 5.74) is -0.175. The highest BCUT2D eigenvalue weighted by atomic mass is 16.5. The minimum atomic E-state index is -0.857. The minimum Gasteiger partial charge on any atom is -0.480 e. The molecule has 1 aromatic rings. The van der Waals surface area contributed by atoms with Crippen molar-refractivity contribution in [3.63, 3.8) is 0 Å². The predicted octanol–water partition coefficient (Wildman–Crippen LogP) is 1.96. The summed E-state index contributed by atoms with van der Waals surface area (Å²) < 4.78 is 5.11. The van der Waals surface area contributed by atoms with Crippen molar-refractivity contribution in [2.75, 3.05) is 0 Å². The molecule has 1 unspecified atom stereocenters. The molecule has 1 rings (SSSR count). The predicted molar refractivity (Wildman–Crippen MR) is 70.7 cm³/mol. The molecule has 0 fully saturated rings. The van der Waals surface area contributed by atoms with E-state index in [0.29, 0.717) is 24.1 Å². The van der Waals surface area contributed by atoms with Gasteiger partial charge in [0.25, 0.3) is 0 Å². The van der Waals surface area contributed by atoms with Crippen LogP contribution in [-0.2, 0) is 16.8 Å². The van der Waals surface area contributed by atoms with Gasteiger partial charge in [0.1, 0.15) is 6.04 Å². The van der Waals surface area contributed by atoms with Gasteiger partial charge >= 0.3 is 5.97 Å². The van der Waals surface area contributed by atoms with E-state index in [2.05, 4.69) is 15.5 Å². The SMILES string of the molecule is CC(C)CC(NCc1nc(C(C)(C)C)no1)C(=O)O.